The predicted octanol–water partition coefficient (Wildman–Crippen LogP) is -0.394. The third-order valence-electron chi connectivity index (χ3n) is 3.07. The highest BCUT2D eigenvalue weighted by molar-refractivity contribution is 5.75. The first-order valence-electron chi connectivity index (χ1n) is 5.93. The second-order valence-electron chi connectivity index (χ2n) is 4.39. The van der Waals surface area contributed by atoms with E-state index in [0.717, 1.165) is 25.2 Å². The number of rotatable bonds is 3. The Bertz CT molecular complexity index is 531. The number of fused-ring (bicyclic) bond motifs is 1. The molecule has 1 aliphatic rings. The Morgan fingerprint density at radius 2 is 2.50 bits per heavy atom. The first kappa shape index (κ1) is 10.9. The quantitative estimate of drug-likeness (QED) is 0.799. The van der Waals surface area contributed by atoms with Gasteiger partial charge in [0.2, 0.25) is 5.91 Å². The van der Waals surface area contributed by atoms with Gasteiger partial charge in [-0.3, -0.25) is 4.79 Å². The lowest BCUT2D eigenvalue weighted by atomic mass is 10.1. The van der Waals surface area contributed by atoms with Gasteiger partial charge in [-0.2, -0.15) is 5.10 Å². The van der Waals surface area contributed by atoms with Crippen molar-refractivity contribution in [3.63, 3.8) is 0 Å². The molecule has 7 nitrogen and oxygen atoms in total. The highest BCUT2D eigenvalue weighted by atomic mass is 16.2. The third kappa shape index (κ3) is 2.24. The van der Waals surface area contributed by atoms with Crippen molar-refractivity contribution < 1.29 is 4.79 Å². The zero-order valence-corrected chi connectivity index (χ0v) is 9.86. The Morgan fingerprint density at radius 3 is 3.33 bits per heavy atom. The van der Waals surface area contributed by atoms with Crippen molar-refractivity contribution in [3.8, 4) is 0 Å². The Labute approximate surface area is 104 Å². The normalized spacial score (nSPS) is 18.3. The maximum atomic E-state index is 11.8. The molecule has 18 heavy (non-hydrogen) atoms. The second kappa shape index (κ2) is 4.59. The first-order chi connectivity index (χ1) is 8.81. The summed E-state index contributed by atoms with van der Waals surface area (Å²) in [5.41, 5.74) is 0. The molecular weight excluding hydrogens is 232 g/mol. The summed E-state index contributed by atoms with van der Waals surface area (Å²) < 4.78 is 3.60. The topological polar surface area (TPSA) is 77.6 Å². The minimum atomic E-state index is -0.0333. The molecule has 94 valence electrons. The van der Waals surface area contributed by atoms with Gasteiger partial charge in [0.15, 0.2) is 0 Å². The largest absolute Gasteiger partial charge is 0.350 e. The summed E-state index contributed by atoms with van der Waals surface area (Å²) >= 11 is 0. The van der Waals surface area contributed by atoms with E-state index in [1.165, 1.54) is 17.3 Å². The van der Waals surface area contributed by atoms with E-state index in [1.54, 1.807) is 6.20 Å². The molecule has 3 heterocycles. The van der Waals surface area contributed by atoms with Gasteiger partial charge in [-0.1, -0.05) is 0 Å². The van der Waals surface area contributed by atoms with Crippen LogP contribution in [-0.4, -0.2) is 36.3 Å². The van der Waals surface area contributed by atoms with E-state index >= 15 is 0 Å². The first-order valence-corrected chi connectivity index (χ1v) is 5.93. The minimum Gasteiger partial charge on any atom is -0.350 e. The van der Waals surface area contributed by atoms with Crippen molar-refractivity contribution in [2.24, 2.45) is 0 Å². The fourth-order valence-electron chi connectivity index (χ4n) is 2.22. The highest BCUT2D eigenvalue weighted by Crippen LogP contribution is 2.12. The summed E-state index contributed by atoms with van der Waals surface area (Å²) in [5.74, 6) is 1.06. The molecule has 1 N–H and O–H groups in total. The van der Waals surface area contributed by atoms with Crippen LogP contribution in [0, 0.1) is 0 Å². The Morgan fingerprint density at radius 1 is 1.56 bits per heavy atom. The number of amides is 1. The number of aromatic nitrogens is 5. The predicted molar refractivity (Wildman–Crippen MR) is 62.5 cm³/mol. The molecular formula is C11H14N6O. The number of imidazole rings is 1. The summed E-state index contributed by atoms with van der Waals surface area (Å²) in [6, 6.07) is 0.169. The van der Waals surface area contributed by atoms with Crippen molar-refractivity contribution >= 4 is 5.91 Å². The summed E-state index contributed by atoms with van der Waals surface area (Å²) in [4.78, 5) is 19.9. The van der Waals surface area contributed by atoms with Crippen LogP contribution in [0.15, 0.2) is 25.0 Å². The summed E-state index contributed by atoms with van der Waals surface area (Å²) in [7, 11) is 0. The van der Waals surface area contributed by atoms with Crippen molar-refractivity contribution in [2.45, 2.75) is 32.0 Å². The van der Waals surface area contributed by atoms with Crippen LogP contribution in [0.3, 0.4) is 0 Å². The molecule has 2 aromatic heterocycles. The number of carbonyl (C=O) groups excluding carboxylic acids is 1. The molecule has 0 saturated heterocycles. The zero-order chi connectivity index (χ0) is 12.4. The smallest absolute Gasteiger partial charge is 0.242 e. The number of hydrogen-bond donors (Lipinski definition) is 1. The van der Waals surface area contributed by atoms with Gasteiger partial charge >= 0.3 is 0 Å². The molecule has 0 unspecified atom stereocenters. The standard InChI is InChI=1S/C11H14N6O/c18-11(6-17-8-12-7-14-17)15-9-1-2-10-13-3-4-16(10)5-9/h3-4,7-9H,1-2,5-6H2,(H,15,18)/t9-/m0/s1. The van der Waals surface area contributed by atoms with Gasteiger partial charge in [0.05, 0.1) is 0 Å². The van der Waals surface area contributed by atoms with Crippen LogP contribution in [0.4, 0.5) is 0 Å². The molecule has 1 atom stereocenters. The van der Waals surface area contributed by atoms with Gasteiger partial charge in [-0.15, -0.1) is 0 Å². The molecule has 1 aliphatic heterocycles. The van der Waals surface area contributed by atoms with Crippen LogP contribution < -0.4 is 5.32 Å². The lowest BCUT2D eigenvalue weighted by molar-refractivity contribution is -0.122. The molecule has 0 aliphatic carbocycles. The molecule has 0 aromatic carbocycles. The minimum absolute atomic E-state index is 0.0333. The van der Waals surface area contributed by atoms with Crippen LogP contribution in [-0.2, 0) is 24.3 Å². The van der Waals surface area contributed by atoms with Crippen LogP contribution >= 0.6 is 0 Å². The van der Waals surface area contributed by atoms with E-state index in [-0.39, 0.29) is 18.5 Å². The lowest BCUT2D eigenvalue weighted by Crippen LogP contribution is -2.42. The van der Waals surface area contributed by atoms with E-state index in [1.807, 2.05) is 6.20 Å². The van der Waals surface area contributed by atoms with Crippen LogP contribution in [0.1, 0.15) is 12.2 Å². The van der Waals surface area contributed by atoms with Crippen molar-refractivity contribution in [2.75, 3.05) is 0 Å². The second-order valence-corrected chi connectivity index (χ2v) is 4.39. The van der Waals surface area contributed by atoms with Crippen molar-refractivity contribution in [1.29, 1.82) is 0 Å². The molecule has 0 saturated carbocycles. The van der Waals surface area contributed by atoms with E-state index in [4.69, 9.17) is 0 Å². The molecule has 2 aromatic rings. The number of hydrogen-bond acceptors (Lipinski definition) is 4. The highest BCUT2D eigenvalue weighted by Gasteiger charge is 2.20. The fourth-order valence-corrected chi connectivity index (χ4v) is 2.22. The molecule has 3 rings (SSSR count). The number of nitrogens with one attached hydrogen (secondary N) is 1. The Kier molecular flexibility index (Phi) is 2.79. The molecule has 0 radical (unpaired) electrons. The molecule has 0 bridgehead atoms. The number of nitrogens with zero attached hydrogens (tertiary/aromatic N) is 5. The zero-order valence-electron chi connectivity index (χ0n) is 9.86. The van der Waals surface area contributed by atoms with Gasteiger partial charge < -0.3 is 9.88 Å². The van der Waals surface area contributed by atoms with Gasteiger partial charge in [-0.05, 0) is 6.42 Å². The van der Waals surface area contributed by atoms with Crippen molar-refractivity contribution in [3.05, 3.63) is 30.9 Å². The van der Waals surface area contributed by atoms with Gasteiger partial charge in [0.25, 0.3) is 0 Å². The molecule has 0 spiro atoms. The number of carbonyl (C=O) groups is 1. The maximum absolute atomic E-state index is 11.8. The maximum Gasteiger partial charge on any atom is 0.242 e. The summed E-state index contributed by atoms with van der Waals surface area (Å²) in [6.45, 7) is 1.01. The number of aryl methyl sites for hydroxylation is 1. The molecule has 7 heteroatoms. The van der Waals surface area contributed by atoms with Crippen LogP contribution in [0.25, 0.3) is 0 Å². The average Bonchev–Trinajstić information content (AvgIpc) is 2.98. The van der Waals surface area contributed by atoms with Crippen LogP contribution in [0.5, 0.6) is 0 Å². The van der Waals surface area contributed by atoms with E-state index in [0.29, 0.717) is 0 Å². The molecule has 1 amide bonds. The third-order valence-corrected chi connectivity index (χ3v) is 3.07. The SMILES string of the molecule is O=C(Cn1cncn1)N[C@H]1CCc2nccn2C1. The Balaban J connectivity index is 1.56. The summed E-state index contributed by atoms with van der Waals surface area (Å²) in [6.07, 6.45) is 8.54. The van der Waals surface area contributed by atoms with Crippen molar-refractivity contribution in [1.82, 2.24) is 29.6 Å². The van der Waals surface area contributed by atoms with E-state index in [9.17, 15) is 4.79 Å². The molecule has 0 fully saturated rings. The average molecular weight is 246 g/mol. The fraction of sp³-hybridized carbons (Fsp3) is 0.455. The van der Waals surface area contributed by atoms with Gasteiger partial charge in [0.1, 0.15) is 25.0 Å². The van der Waals surface area contributed by atoms with E-state index in [2.05, 4.69) is 25.0 Å². The summed E-state index contributed by atoms with van der Waals surface area (Å²) in [5, 5.41) is 6.92. The van der Waals surface area contributed by atoms with Gasteiger partial charge in [0, 0.05) is 31.4 Å². The lowest BCUT2D eigenvalue weighted by Gasteiger charge is -2.24. The van der Waals surface area contributed by atoms with Gasteiger partial charge in [-0.25, -0.2) is 14.6 Å². The monoisotopic (exact) mass is 246 g/mol. The van der Waals surface area contributed by atoms with Crippen LogP contribution in [0.2, 0.25) is 0 Å². The Hall–Kier alpha value is -2.18. The van der Waals surface area contributed by atoms with E-state index < -0.39 is 0 Å².